The van der Waals surface area contributed by atoms with E-state index in [0.717, 1.165) is 18.8 Å². The molecule has 2 aromatic rings. The minimum absolute atomic E-state index is 0.397. The van der Waals surface area contributed by atoms with Crippen molar-refractivity contribution in [3.8, 4) is 0 Å². The van der Waals surface area contributed by atoms with E-state index >= 15 is 0 Å². The molecule has 2 heterocycles. The Kier molecular flexibility index (Phi) is 4.60. The van der Waals surface area contributed by atoms with Crippen molar-refractivity contribution in [2.24, 2.45) is 0 Å². The number of hydrogen-bond acceptors (Lipinski definition) is 3. The van der Waals surface area contributed by atoms with E-state index in [9.17, 15) is 0 Å². The lowest BCUT2D eigenvalue weighted by molar-refractivity contribution is 0.519. The zero-order chi connectivity index (χ0) is 14.7. The maximum Gasteiger partial charge on any atom is 0.0852 e. The highest BCUT2D eigenvalue weighted by Crippen LogP contribution is 2.10. The highest BCUT2D eigenvalue weighted by atomic mass is 15.3. The van der Waals surface area contributed by atoms with Gasteiger partial charge in [0.05, 0.1) is 18.4 Å². The third-order valence-corrected chi connectivity index (χ3v) is 3.41. The second-order valence-electron chi connectivity index (χ2n) is 5.83. The van der Waals surface area contributed by atoms with Crippen LogP contribution in [0.5, 0.6) is 0 Å². The van der Waals surface area contributed by atoms with Gasteiger partial charge in [-0.1, -0.05) is 13.8 Å². The summed E-state index contributed by atoms with van der Waals surface area (Å²) in [5, 5.41) is 12.5. The fourth-order valence-electron chi connectivity index (χ4n) is 2.03. The smallest absolute Gasteiger partial charge is 0.0852 e. The summed E-state index contributed by atoms with van der Waals surface area (Å²) in [6.45, 7) is 12.3. The Balaban J connectivity index is 2.05. The monoisotopic (exact) mass is 275 g/mol. The van der Waals surface area contributed by atoms with Crippen molar-refractivity contribution in [3.63, 3.8) is 0 Å². The van der Waals surface area contributed by atoms with Gasteiger partial charge in [-0.05, 0) is 26.8 Å². The zero-order valence-corrected chi connectivity index (χ0v) is 13.1. The van der Waals surface area contributed by atoms with Gasteiger partial charge in [0.1, 0.15) is 0 Å². The van der Waals surface area contributed by atoms with Crippen molar-refractivity contribution in [2.45, 2.75) is 59.8 Å². The molecule has 0 aliphatic heterocycles. The topological polar surface area (TPSA) is 47.7 Å². The lowest BCUT2D eigenvalue weighted by atomic mass is 10.2. The molecule has 0 unspecified atom stereocenters. The van der Waals surface area contributed by atoms with Gasteiger partial charge in [-0.3, -0.25) is 9.36 Å². The van der Waals surface area contributed by atoms with Crippen LogP contribution in [0.2, 0.25) is 0 Å². The summed E-state index contributed by atoms with van der Waals surface area (Å²) in [6.07, 6.45) is 3.98. The summed E-state index contributed by atoms with van der Waals surface area (Å²) in [5.41, 5.74) is 3.51. The van der Waals surface area contributed by atoms with E-state index in [0.29, 0.717) is 12.1 Å². The molecule has 20 heavy (non-hydrogen) atoms. The quantitative estimate of drug-likeness (QED) is 0.881. The predicted octanol–water partition coefficient (Wildman–Crippen LogP) is 2.52. The van der Waals surface area contributed by atoms with Gasteiger partial charge in [0, 0.05) is 36.1 Å². The molecule has 5 heteroatoms. The standard InChI is InChI=1S/C15H25N5/c1-11(2)16-8-14-9-17-20(13(14)5)10-15-6-7-19(18-15)12(3)4/h6-7,9,11-12,16H,8,10H2,1-5H3. The highest BCUT2D eigenvalue weighted by molar-refractivity contribution is 5.17. The molecule has 0 saturated carbocycles. The first-order valence-corrected chi connectivity index (χ1v) is 7.26. The van der Waals surface area contributed by atoms with Gasteiger partial charge in [-0.15, -0.1) is 0 Å². The lowest BCUT2D eigenvalue weighted by Gasteiger charge is -2.08. The summed E-state index contributed by atoms with van der Waals surface area (Å²) in [5.74, 6) is 0. The van der Waals surface area contributed by atoms with Crippen LogP contribution >= 0.6 is 0 Å². The Labute approximate surface area is 121 Å². The second kappa shape index (κ2) is 6.22. The molecule has 0 aliphatic rings. The molecule has 0 bridgehead atoms. The highest BCUT2D eigenvalue weighted by Gasteiger charge is 2.09. The zero-order valence-electron chi connectivity index (χ0n) is 13.1. The molecular formula is C15H25N5. The van der Waals surface area contributed by atoms with E-state index in [2.05, 4.69) is 56.2 Å². The largest absolute Gasteiger partial charge is 0.310 e. The molecule has 2 aromatic heterocycles. The van der Waals surface area contributed by atoms with Gasteiger partial charge >= 0.3 is 0 Å². The maximum atomic E-state index is 4.57. The van der Waals surface area contributed by atoms with Crippen molar-refractivity contribution in [2.75, 3.05) is 0 Å². The van der Waals surface area contributed by atoms with Crippen LogP contribution in [0.25, 0.3) is 0 Å². The molecule has 0 atom stereocenters. The van der Waals surface area contributed by atoms with Crippen molar-refractivity contribution >= 4 is 0 Å². The SMILES string of the molecule is Cc1c(CNC(C)C)cnn1Cc1ccn(C(C)C)n1. The Hall–Kier alpha value is -1.62. The van der Waals surface area contributed by atoms with Crippen LogP contribution in [0, 0.1) is 6.92 Å². The van der Waals surface area contributed by atoms with E-state index in [1.807, 2.05) is 21.8 Å². The first kappa shape index (κ1) is 14.8. The summed E-state index contributed by atoms with van der Waals surface area (Å²) in [7, 11) is 0. The van der Waals surface area contributed by atoms with Crippen LogP contribution in [0.1, 0.15) is 50.7 Å². The van der Waals surface area contributed by atoms with E-state index in [4.69, 9.17) is 0 Å². The van der Waals surface area contributed by atoms with Gasteiger partial charge in [-0.25, -0.2) is 0 Å². The molecule has 0 aliphatic carbocycles. The molecule has 0 spiro atoms. The van der Waals surface area contributed by atoms with Crippen molar-refractivity contribution in [1.82, 2.24) is 24.9 Å². The molecule has 0 amide bonds. The lowest BCUT2D eigenvalue weighted by Crippen LogP contribution is -2.22. The van der Waals surface area contributed by atoms with Gasteiger partial charge in [-0.2, -0.15) is 10.2 Å². The Morgan fingerprint density at radius 2 is 2.00 bits per heavy atom. The number of hydrogen-bond donors (Lipinski definition) is 1. The first-order valence-electron chi connectivity index (χ1n) is 7.26. The molecule has 0 radical (unpaired) electrons. The van der Waals surface area contributed by atoms with Gasteiger partial charge in [0.15, 0.2) is 0 Å². The number of rotatable bonds is 6. The van der Waals surface area contributed by atoms with Crippen LogP contribution in [0.3, 0.4) is 0 Å². The normalized spacial score (nSPS) is 11.8. The molecule has 110 valence electrons. The van der Waals surface area contributed by atoms with Crippen molar-refractivity contribution in [1.29, 1.82) is 0 Å². The van der Waals surface area contributed by atoms with Gasteiger partial charge < -0.3 is 5.32 Å². The summed E-state index contributed by atoms with van der Waals surface area (Å²) >= 11 is 0. The molecular weight excluding hydrogens is 250 g/mol. The van der Waals surface area contributed by atoms with Crippen LogP contribution < -0.4 is 5.32 Å². The second-order valence-corrected chi connectivity index (χ2v) is 5.83. The third-order valence-electron chi connectivity index (χ3n) is 3.41. The Morgan fingerprint density at radius 3 is 2.60 bits per heavy atom. The fourth-order valence-corrected chi connectivity index (χ4v) is 2.03. The molecule has 5 nitrogen and oxygen atoms in total. The molecule has 0 saturated heterocycles. The summed E-state index contributed by atoms with van der Waals surface area (Å²) in [4.78, 5) is 0. The van der Waals surface area contributed by atoms with E-state index < -0.39 is 0 Å². The van der Waals surface area contributed by atoms with Crippen molar-refractivity contribution in [3.05, 3.63) is 35.4 Å². The Morgan fingerprint density at radius 1 is 1.25 bits per heavy atom. The van der Waals surface area contributed by atoms with E-state index in [-0.39, 0.29) is 0 Å². The minimum Gasteiger partial charge on any atom is -0.310 e. The summed E-state index contributed by atoms with van der Waals surface area (Å²) in [6, 6.07) is 2.94. The number of nitrogens with one attached hydrogen (secondary N) is 1. The molecule has 0 aromatic carbocycles. The first-order chi connectivity index (χ1) is 9.47. The van der Waals surface area contributed by atoms with E-state index in [1.54, 1.807) is 0 Å². The third kappa shape index (κ3) is 3.48. The van der Waals surface area contributed by atoms with Crippen LogP contribution in [-0.2, 0) is 13.1 Å². The average Bonchev–Trinajstić information content (AvgIpc) is 2.97. The van der Waals surface area contributed by atoms with Crippen molar-refractivity contribution < 1.29 is 0 Å². The van der Waals surface area contributed by atoms with Crippen LogP contribution in [0.4, 0.5) is 0 Å². The number of nitrogens with zero attached hydrogens (tertiary/aromatic N) is 4. The maximum absolute atomic E-state index is 4.57. The molecule has 2 rings (SSSR count). The minimum atomic E-state index is 0.397. The Bertz CT molecular complexity index is 550. The van der Waals surface area contributed by atoms with Gasteiger partial charge in [0.2, 0.25) is 0 Å². The van der Waals surface area contributed by atoms with Gasteiger partial charge in [0.25, 0.3) is 0 Å². The van der Waals surface area contributed by atoms with Crippen LogP contribution in [-0.4, -0.2) is 25.6 Å². The summed E-state index contributed by atoms with van der Waals surface area (Å²) < 4.78 is 4.00. The number of aromatic nitrogens is 4. The van der Waals surface area contributed by atoms with Crippen LogP contribution in [0.15, 0.2) is 18.5 Å². The molecule has 1 N–H and O–H groups in total. The molecule has 0 fully saturated rings. The average molecular weight is 275 g/mol. The predicted molar refractivity (Wildman–Crippen MR) is 80.7 cm³/mol. The van der Waals surface area contributed by atoms with E-state index in [1.165, 1.54) is 11.3 Å². The fraction of sp³-hybridized carbons (Fsp3) is 0.600.